The van der Waals surface area contributed by atoms with E-state index >= 15 is 0 Å². The average molecular weight is 245 g/mol. The highest BCUT2D eigenvalue weighted by Crippen LogP contribution is 2.34. The van der Waals surface area contributed by atoms with Crippen molar-refractivity contribution < 1.29 is 4.79 Å². The molecule has 0 saturated carbocycles. The van der Waals surface area contributed by atoms with E-state index in [9.17, 15) is 4.79 Å². The molecule has 1 amide bonds. The molecule has 1 N–H and O–H groups in total. The molecule has 0 unspecified atom stereocenters. The fourth-order valence-electron chi connectivity index (χ4n) is 2.95. The zero-order chi connectivity index (χ0) is 12.4. The number of amides is 1. The Kier molecular flexibility index (Phi) is 3.19. The first-order valence-electron chi connectivity index (χ1n) is 6.69. The quantitative estimate of drug-likeness (QED) is 0.790. The second-order valence-corrected chi connectivity index (χ2v) is 4.91. The summed E-state index contributed by atoms with van der Waals surface area (Å²) in [5, 5.41) is 3.38. The van der Waals surface area contributed by atoms with E-state index in [4.69, 9.17) is 0 Å². The molecule has 0 aromatic heterocycles. The van der Waals surface area contributed by atoms with Crippen LogP contribution >= 0.6 is 0 Å². The molecule has 0 aliphatic carbocycles. The number of piperazine rings is 1. The van der Waals surface area contributed by atoms with E-state index in [1.54, 1.807) is 0 Å². The molecule has 0 atom stereocenters. The molecule has 96 valence electrons. The fourth-order valence-corrected chi connectivity index (χ4v) is 2.95. The van der Waals surface area contributed by atoms with Crippen LogP contribution < -0.4 is 15.1 Å². The lowest BCUT2D eigenvalue weighted by Crippen LogP contribution is -2.44. The van der Waals surface area contributed by atoms with E-state index in [2.05, 4.69) is 28.4 Å². The molecule has 3 rings (SSSR count). The van der Waals surface area contributed by atoms with Crippen molar-refractivity contribution in [3.8, 4) is 0 Å². The summed E-state index contributed by atoms with van der Waals surface area (Å²) >= 11 is 0. The minimum absolute atomic E-state index is 0.849. The van der Waals surface area contributed by atoms with Gasteiger partial charge in [0.1, 0.15) is 0 Å². The summed E-state index contributed by atoms with van der Waals surface area (Å²) in [6, 6.07) is 6.32. The maximum Gasteiger partial charge on any atom is 0.214 e. The highest BCUT2D eigenvalue weighted by molar-refractivity contribution is 5.81. The van der Waals surface area contributed by atoms with Crippen molar-refractivity contribution in [2.75, 3.05) is 42.5 Å². The van der Waals surface area contributed by atoms with Crippen molar-refractivity contribution >= 4 is 17.8 Å². The lowest BCUT2D eigenvalue weighted by Gasteiger charge is -2.35. The summed E-state index contributed by atoms with van der Waals surface area (Å²) < 4.78 is 0. The SMILES string of the molecule is O=CN1CCCc2c1cccc2N1CCNCC1. The molecule has 1 saturated heterocycles. The lowest BCUT2D eigenvalue weighted by atomic mass is 9.99. The van der Waals surface area contributed by atoms with E-state index in [1.165, 1.54) is 11.3 Å². The smallest absolute Gasteiger partial charge is 0.214 e. The normalized spacial score (nSPS) is 19.6. The van der Waals surface area contributed by atoms with Gasteiger partial charge in [0.2, 0.25) is 6.41 Å². The van der Waals surface area contributed by atoms with Crippen LogP contribution in [0.2, 0.25) is 0 Å². The summed E-state index contributed by atoms with van der Waals surface area (Å²) in [5.41, 5.74) is 3.77. The van der Waals surface area contributed by atoms with E-state index in [-0.39, 0.29) is 0 Å². The number of anilines is 2. The minimum Gasteiger partial charge on any atom is -0.369 e. The van der Waals surface area contributed by atoms with Crippen molar-refractivity contribution in [1.82, 2.24) is 5.32 Å². The molecule has 18 heavy (non-hydrogen) atoms. The zero-order valence-electron chi connectivity index (χ0n) is 10.6. The highest BCUT2D eigenvalue weighted by atomic mass is 16.1. The number of nitrogens with one attached hydrogen (secondary N) is 1. The van der Waals surface area contributed by atoms with Crippen LogP contribution in [0.5, 0.6) is 0 Å². The maximum absolute atomic E-state index is 11.1. The Hall–Kier alpha value is -1.55. The van der Waals surface area contributed by atoms with Gasteiger partial charge in [-0.3, -0.25) is 4.79 Å². The molecule has 1 aromatic carbocycles. The molecule has 4 heteroatoms. The van der Waals surface area contributed by atoms with E-state index in [1.807, 2.05) is 4.90 Å². The van der Waals surface area contributed by atoms with Crippen LogP contribution in [-0.4, -0.2) is 39.1 Å². The Morgan fingerprint density at radius 2 is 1.89 bits per heavy atom. The molecular formula is C14H19N3O. The van der Waals surface area contributed by atoms with Gasteiger partial charge in [-0.05, 0) is 30.5 Å². The number of nitrogens with zero attached hydrogens (tertiary/aromatic N) is 2. The molecule has 1 fully saturated rings. The Balaban J connectivity index is 1.97. The third kappa shape index (κ3) is 1.97. The highest BCUT2D eigenvalue weighted by Gasteiger charge is 2.22. The zero-order valence-corrected chi connectivity index (χ0v) is 10.6. The molecule has 2 aliphatic heterocycles. The number of carbonyl (C=O) groups excluding carboxylic acids is 1. The summed E-state index contributed by atoms with van der Waals surface area (Å²) in [6.07, 6.45) is 3.11. The lowest BCUT2D eigenvalue weighted by molar-refractivity contribution is -0.107. The van der Waals surface area contributed by atoms with Gasteiger partial charge in [0.15, 0.2) is 0 Å². The third-order valence-electron chi connectivity index (χ3n) is 3.85. The summed E-state index contributed by atoms with van der Waals surface area (Å²) in [4.78, 5) is 15.4. The summed E-state index contributed by atoms with van der Waals surface area (Å²) in [5.74, 6) is 0. The number of hydrogen-bond donors (Lipinski definition) is 1. The molecule has 4 nitrogen and oxygen atoms in total. The van der Waals surface area contributed by atoms with E-state index in [0.717, 1.165) is 57.7 Å². The van der Waals surface area contributed by atoms with Crippen LogP contribution in [0.15, 0.2) is 18.2 Å². The van der Waals surface area contributed by atoms with Gasteiger partial charge in [0.05, 0.1) is 0 Å². The molecule has 0 spiro atoms. The van der Waals surface area contributed by atoms with Crippen LogP contribution in [0.25, 0.3) is 0 Å². The second-order valence-electron chi connectivity index (χ2n) is 4.91. The Bertz CT molecular complexity index is 441. The largest absolute Gasteiger partial charge is 0.369 e. The maximum atomic E-state index is 11.1. The molecule has 2 heterocycles. The monoisotopic (exact) mass is 245 g/mol. The number of benzene rings is 1. The van der Waals surface area contributed by atoms with Gasteiger partial charge >= 0.3 is 0 Å². The first kappa shape index (κ1) is 11.5. The number of carbonyl (C=O) groups is 1. The molecular weight excluding hydrogens is 226 g/mol. The van der Waals surface area contributed by atoms with Crippen molar-refractivity contribution in [2.45, 2.75) is 12.8 Å². The van der Waals surface area contributed by atoms with Gasteiger partial charge in [-0.25, -0.2) is 0 Å². The summed E-state index contributed by atoms with van der Waals surface area (Å²) in [6.45, 7) is 5.04. The second kappa shape index (κ2) is 4.98. The van der Waals surface area contributed by atoms with Gasteiger partial charge in [0, 0.05) is 44.1 Å². The molecule has 0 radical (unpaired) electrons. The van der Waals surface area contributed by atoms with Crippen molar-refractivity contribution in [3.05, 3.63) is 23.8 Å². The van der Waals surface area contributed by atoms with Gasteiger partial charge in [0.25, 0.3) is 0 Å². The molecule has 0 bridgehead atoms. The van der Waals surface area contributed by atoms with Crippen molar-refractivity contribution in [1.29, 1.82) is 0 Å². The van der Waals surface area contributed by atoms with Crippen LogP contribution in [0.1, 0.15) is 12.0 Å². The first-order valence-corrected chi connectivity index (χ1v) is 6.69. The van der Waals surface area contributed by atoms with Crippen LogP contribution in [0.3, 0.4) is 0 Å². The topological polar surface area (TPSA) is 35.6 Å². The summed E-state index contributed by atoms with van der Waals surface area (Å²) in [7, 11) is 0. The number of hydrogen-bond acceptors (Lipinski definition) is 3. The van der Waals surface area contributed by atoms with Crippen LogP contribution in [0.4, 0.5) is 11.4 Å². The molecule has 1 aromatic rings. The first-order chi connectivity index (χ1) is 8.90. The fraction of sp³-hybridized carbons (Fsp3) is 0.500. The average Bonchev–Trinajstić information content (AvgIpc) is 2.47. The van der Waals surface area contributed by atoms with Crippen molar-refractivity contribution in [2.24, 2.45) is 0 Å². The standard InChI is InChI=1S/C14H19N3O/c18-11-17-8-2-3-12-13(4-1-5-14(12)17)16-9-6-15-7-10-16/h1,4-5,11,15H,2-3,6-10H2. The molecule has 2 aliphatic rings. The van der Waals surface area contributed by atoms with Crippen LogP contribution in [0, 0.1) is 0 Å². The predicted octanol–water partition coefficient (Wildman–Crippen LogP) is 1.01. The van der Waals surface area contributed by atoms with Crippen LogP contribution in [-0.2, 0) is 11.2 Å². The Morgan fingerprint density at radius 3 is 2.67 bits per heavy atom. The predicted molar refractivity (Wildman–Crippen MR) is 73.3 cm³/mol. The number of fused-ring (bicyclic) bond motifs is 1. The van der Waals surface area contributed by atoms with Gasteiger partial charge in [-0.1, -0.05) is 6.07 Å². The Morgan fingerprint density at radius 1 is 1.11 bits per heavy atom. The van der Waals surface area contributed by atoms with E-state index < -0.39 is 0 Å². The third-order valence-corrected chi connectivity index (χ3v) is 3.85. The Labute approximate surface area is 108 Å². The minimum atomic E-state index is 0.849. The van der Waals surface area contributed by atoms with Crippen molar-refractivity contribution in [3.63, 3.8) is 0 Å². The number of rotatable bonds is 2. The van der Waals surface area contributed by atoms with Gasteiger partial charge < -0.3 is 15.1 Å². The van der Waals surface area contributed by atoms with Gasteiger partial charge in [-0.2, -0.15) is 0 Å². The van der Waals surface area contributed by atoms with E-state index in [0.29, 0.717) is 0 Å². The van der Waals surface area contributed by atoms with Gasteiger partial charge in [-0.15, -0.1) is 0 Å².